The molecule has 1 aromatic rings. The van der Waals surface area contributed by atoms with E-state index in [0.29, 0.717) is 13.2 Å². The number of ether oxygens (including phenoxy) is 1. The molecule has 2 atom stereocenters. The Hall–Kier alpha value is -0.650. The third-order valence-electron chi connectivity index (χ3n) is 2.45. The van der Waals surface area contributed by atoms with Crippen LogP contribution in [0.5, 0.6) is 0 Å². The van der Waals surface area contributed by atoms with Gasteiger partial charge in [-0.3, -0.25) is 4.79 Å². The highest BCUT2D eigenvalue weighted by Gasteiger charge is 2.17. The zero-order valence-electron chi connectivity index (χ0n) is 11.1. The summed E-state index contributed by atoms with van der Waals surface area (Å²) in [5.41, 5.74) is 0.870. The Kier molecular flexibility index (Phi) is 6.05. The molecule has 102 valence electrons. The van der Waals surface area contributed by atoms with Gasteiger partial charge >= 0.3 is 0 Å². The standard InChI is InChI=1S/C12H19ClN2O2S/c1-5-17-9(3)11-14-10(7-18-11)6-15(4)12(16)8(2)13/h7-9H,5-6H2,1-4H3. The Labute approximate surface area is 117 Å². The summed E-state index contributed by atoms with van der Waals surface area (Å²) in [6.45, 7) is 6.74. The van der Waals surface area contributed by atoms with E-state index < -0.39 is 5.38 Å². The van der Waals surface area contributed by atoms with Gasteiger partial charge < -0.3 is 9.64 Å². The number of thiazole rings is 1. The van der Waals surface area contributed by atoms with Gasteiger partial charge in [-0.15, -0.1) is 22.9 Å². The average Bonchev–Trinajstić information content (AvgIpc) is 2.76. The number of hydrogen-bond donors (Lipinski definition) is 0. The van der Waals surface area contributed by atoms with Gasteiger partial charge in [0.15, 0.2) is 0 Å². The van der Waals surface area contributed by atoms with Crippen molar-refractivity contribution < 1.29 is 9.53 Å². The van der Waals surface area contributed by atoms with Crippen LogP contribution in [-0.4, -0.2) is 34.8 Å². The van der Waals surface area contributed by atoms with Gasteiger partial charge in [0.25, 0.3) is 0 Å². The first-order chi connectivity index (χ1) is 8.45. The van der Waals surface area contributed by atoms with Crippen molar-refractivity contribution >= 4 is 28.8 Å². The molecule has 0 saturated carbocycles. The highest BCUT2D eigenvalue weighted by Crippen LogP contribution is 2.21. The lowest BCUT2D eigenvalue weighted by atomic mass is 10.3. The van der Waals surface area contributed by atoms with Crippen LogP contribution in [0.15, 0.2) is 5.38 Å². The first-order valence-corrected chi connectivity index (χ1v) is 7.22. The molecule has 0 aliphatic rings. The highest BCUT2D eigenvalue weighted by atomic mass is 35.5. The molecule has 0 aromatic carbocycles. The Morgan fingerprint density at radius 2 is 2.28 bits per heavy atom. The summed E-state index contributed by atoms with van der Waals surface area (Å²) < 4.78 is 5.48. The molecule has 0 fully saturated rings. The number of aromatic nitrogens is 1. The highest BCUT2D eigenvalue weighted by molar-refractivity contribution is 7.09. The zero-order chi connectivity index (χ0) is 13.7. The minimum atomic E-state index is -0.504. The first-order valence-electron chi connectivity index (χ1n) is 5.90. The van der Waals surface area contributed by atoms with Crippen molar-refractivity contribution in [3.63, 3.8) is 0 Å². The van der Waals surface area contributed by atoms with E-state index in [4.69, 9.17) is 16.3 Å². The zero-order valence-corrected chi connectivity index (χ0v) is 12.7. The number of halogens is 1. The van der Waals surface area contributed by atoms with Gasteiger partial charge in [-0.1, -0.05) is 0 Å². The smallest absolute Gasteiger partial charge is 0.240 e. The van der Waals surface area contributed by atoms with Gasteiger partial charge in [0.1, 0.15) is 16.5 Å². The SMILES string of the molecule is CCOC(C)c1nc(CN(C)C(=O)C(C)Cl)cs1. The van der Waals surface area contributed by atoms with Crippen LogP contribution in [0.25, 0.3) is 0 Å². The third-order valence-corrected chi connectivity index (χ3v) is 3.69. The number of carbonyl (C=O) groups excluding carboxylic acids is 1. The summed E-state index contributed by atoms with van der Waals surface area (Å²) in [5.74, 6) is -0.0935. The van der Waals surface area contributed by atoms with Gasteiger partial charge in [-0.05, 0) is 20.8 Å². The summed E-state index contributed by atoms with van der Waals surface area (Å²) >= 11 is 7.31. The first kappa shape index (κ1) is 15.4. The van der Waals surface area contributed by atoms with E-state index in [9.17, 15) is 4.79 Å². The molecule has 1 amide bonds. The monoisotopic (exact) mass is 290 g/mol. The molecule has 18 heavy (non-hydrogen) atoms. The number of hydrogen-bond acceptors (Lipinski definition) is 4. The van der Waals surface area contributed by atoms with Crippen LogP contribution in [0.4, 0.5) is 0 Å². The quantitative estimate of drug-likeness (QED) is 0.757. The Morgan fingerprint density at radius 1 is 1.61 bits per heavy atom. The summed E-state index contributed by atoms with van der Waals surface area (Å²) in [6.07, 6.45) is 0.00158. The van der Waals surface area contributed by atoms with E-state index in [-0.39, 0.29) is 12.0 Å². The van der Waals surface area contributed by atoms with Gasteiger partial charge in [0, 0.05) is 19.0 Å². The molecule has 2 unspecified atom stereocenters. The summed E-state index contributed by atoms with van der Waals surface area (Å²) in [5, 5.41) is 2.38. The molecule has 1 heterocycles. The molecule has 0 aliphatic carbocycles. The molecular weight excluding hydrogens is 272 g/mol. The number of alkyl halides is 1. The van der Waals surface area contributed by atoms with Gasteiger partial charge in [-0.2, -0.15) is 0 Å². The van der Waals surface area contributed by atoms with Crippen molar-refractivity contribution in [2.45, 2.75) is 38.8 Å². The number of amides is 1. The molecule has 0 spiro atoms. The van der Waals surface area contributed by atoms with Gasteiger partial charge in [0.05, 0.1) is 12.2 Å². The van der Waals surface area contributed by atoms with E-state index in [1.54, 1.807) is 30.2 Å². The van der Waals surface area contributed by atoms with Crippen LogP contribution in [0, 0.1) is 0 Å². The molecular formula is C12H19ClN2O2S. The van der Waals surface area contributed by atoms with Crippen molar-refractivity contribution in [2.75, 3.05) is 13.7 Å². The van der Waals surface area contributed by atoms with E-state index in [1.165, 1.54) is 0 Å². The Morgan fingerprint density at radius 3 is 2.83 bits per heavy atom. The molecule has 0 saturated heterocycles. The van der Waals surface area contributed by atoms with Gasteiger partial charge in [-0.25, -0.2) is 4.98 Å². The molecule has 6 heteroatoms. The van der Waals surface area contributed by atoms with Crippen molar-refractivity contribution in [1.29, 1.82) is 0 Å². The molecule has 4 nitrogen and oxygen atoms in total. The van der Waals surface area contributed by atoms with Crippen LogP contribution < -0.4 is 0 Å². The molecule has 0 bridgehead atoms. The second-order valence-electron chi connectivity index (χ2n) is 4.08. The third kappa shape index (κ3) is 4.23. The maximum Gasteiger partial charge on any atom is 0.240 e. The van der Waals surface area contributed by atoms with Crippen molar-refractivity contribution in [2.24, 2.45) is 0 Å². The lowest BCUT2D eigenvalue weighted by Gasteiger charge is -2.17. The van der Waals surface area contributed by atoms with E-state index in [1.807, 2.05) is 19.2 Å². The van der Waals surface area contributed by atoms with E-state index in [0.717, 1.165) is 10.7 Å². The number of nitrogens with zero attached hydrogens (tertiary/aromatic N) is 2. The van der Waals surface area contributed by atoms with Crippen LogP contribution in [-0.2, 0) is 16.1 Å². The molecule has 0 aliphatic heterocycles. The lowest BCUT2D eigenvalue weighted by Crippen LogP contribution is -2.31. The predicted molar refractivity (Wildman–Crippen MR) is 73.9 cm³/mol. The number of rotatable bonds is 6. The number of carbonyl (C=O) groups is 1. The minimum Gasteiger partial charge on any atom is -0.372 e. The van der Waals surface area contributed by atoms with Crippen LogP contribution in [0.3, 0.4) is 0 Å². The minimum absolute atomic E-state index is 0.00158. The van der Waals surface area contributed by atoms with E-state index in [2.05, 4.69) is 4.98 Å². The van der Waals surface area contributed by atoms with E-state index >= 15 is 0 Å². The van der Waals surface area contributed by atoms with Crippen molar-refractivity contribution in [3.8, 4) is 0 Å². The van der Waals surface area contributed by atoms with Crippen molar-refractivity contribution in [3.05, 3.63) is 16.1 Å². The second kappa shape index (κ2) is 7.07. The van der Waals surface area contributed by atoms with Crippen LogP contribution >= 0.6 is 22.9 Å². The molecule has 1 aromatic heterocycles. The fourth-order valence-corrected chi connectivity index (χ4v) is 2.51. The molecule has 0 radical (unpaired) electrons. The Balaban J connectivity index is 2.61. The molecule has 0 N–H and O–H groups in total. The fraction of sp³-hybridized carbons (Fsp3) is 0.667. The topological polar surface area (TPSA) is 42.4 Å². The summed E-state index contributed by atoms with van der Waals surface area (Å²) in [4.78, 5) is 17.7. The second-order valence-corrected chi connectivity index (χ2v) is 5.63. The average molecular weight is 291 g/mol. The fourth-order valence-electron chi connectivity index (χ4n) is 1.53. The van der Waals surface area contributed by atoms with Crippen molar-refractivity contribution in [1.82, 2.24) is 9.88 Å². The normalized spacial score (nSPS) is 14.3. The summed E-state index contributed by atoms with van der Waals surface area (Å²) in [6, 6.07) is 0. The van der Waals surface area contributed by atoms with Crippen LogP contribution in [0.2, 0.25) is 0 Å². The van der Waals surface area contributed by atoms with Gasteiger partial charge in [0.2, 0.25) is 5.91 Å². The lowest BCUT2D eigenvalue weighted by molar-refractivity contribution is -0.129. The Bertz CT molecular complexity index is 395. The maximum absolute atomic E-state index is 11.6. The maximum atomic E-state index is 11.6. The largest absolute Gasteiger partial charge is 0.372 e. The summed E-state index contributed by atoms with van der Waals surface area (Å²) in [7, 11) is 1.73. The predicted octanol–water partition coefficient (Wildman–Crippen LogP) is 2.83. The molecule has 1 rings (SSSR count). The van der Waals surface area contributed by atoms with Crippen LogP contribution in [0.1, 0.15) is 37.6 Å².